The highest BCUT2D eigenvalue weighted by atomic mass is 16.5. The zero-order chi connectivity index (χ0) is 25.0. The number of nitrogens with zero attached hydrogens (tertiary/aromatic N) is 3. The number of likely N-dealkylation sites (N-methyl/N-ethyl adjacent to an activating group) is 1. The van der Waals surface area contributed by atoms with Crippen molar-refractivity contribution in [3.63, 3.8) is 0 Å². The van der Waals surface area contributed by atoms with E-state index in [4.69, 9.17) is 9.47 Å². The lowest BCUT2D eigenvalue weighted by Crippen LogP contribution is -2.56. The third-order valence-electron chi connectivity index (χ3n) is 7.87. The minimum Gasteiger partial charge on any atom is -0.497 e. The number of ether oxygens (including phenoxy) is 2. The van der Waals surface area contributed by atoms with Crippen molar-refractivity contribution in [3.8, 4) is 5.75 Å². The molecule has 1 aromatic carbocycles. The molecule has 5 atom stereocenters. The first-order valence-electron chi connectivity index (χ1n) is 12.0. The Bertz CT molecular complexity index is 1100. The largest absolute Gasteiger partial charge is 0.497 e. The molecule has 1 spiro atoms. The Hall–Kier alpha value is -3.17. The maximum absolute atomic E-state index is 14.1. The van der Waals surface area contributed by atoms with Gasteiger partial charge in [-0.1, -0.05) is 31.2 Å². The Morgan fingerprint density at radius 2 is 1.74 bits per heavy atom. The fourth-order valence-electron chi connectivity index (χ4n) is 6.22. The summed E-state index contributed by atoms with van der Waals surface area (Å²) in [6.45, 7) is 2.32. The van der Waals surface area contributed by atoms with Gasteiger partial charge in [-0.3, -0.25) is 14.4 Å². The number of carbonyl (C=O) groups excluding carboxylic acids is 3. The van der Waals surface area contributed by atoms with E-state index < -0.39 is 29.1 Å². The van der Waals surface area contributed by atoms with Crippen LogP contribution in [0.1, 0.15) is 13.3 Å². The van der Waals surface area contributed by atoms with Gasteiger partial charge in [0.2, 0.25) is 11.8 Å². The van der Waals surface area contributed by atoms with E-state index in [2.05, 4.69) is 0 Å². The fraction of sp³-hybridized carbons (Fsp3) is 0.500. The van der Waals surface area contributed by atoms with Crippen molar-refractivity contribution >= 4 is 23.4 Å². The molecule has 4 heterocycles. The van der Waals surface area contributed by atoms with E-state index in [-0.39, 0.29) is 37.4 Å². The van der Waals surface area contributed by atoms with Crippen LogP contribution < -0.4 is 9.64 Å². The highest BCUT2D eigenvalue weighted by molar-refractivity contribution is 6.06. The number of benzene rings is 1. The Morgan fingerprint density at radius 1 is 1.03 bits per heavy atom. The predicted molar refractivity (Wildman–Crippen MR) is 128 cm³/mol. The standard InChI is InChI=1S/C26H31N3O6/c1-4-25-11-5-13-27(2)22(31)19(25)20-23(32)29(15-16-30)21-24(33)28(14-6-12-26(20,21)35-25)17-7-9-18(34-3)10-8-17/h5-12,19-21,30H,4,13-16H2,1-3H3/t19-,20-,21?,25+,26-/m0/s1. The van der Waals surface area contributed by atoms with Crippen LogP contribution in [0.3, 0.4) is 0 Å². The first-order chi connectivity index (χ1) is 16.8. The van der Waals surface area contributed by atoms with Crippen LogP contribution in [0.25, 0.3) is 0 Å². The summed E-state index contributed by atoms with van der Waals surface area (Å²) < 4.78 is 12.0. The van der Waals surface area contributed by atoms with E-state index in [1.54, 1.807) is 48.2 Å². The van der Waals surface area contributed by atoms with Crippen molar-refractivity contribution in [3.05, 3.63) is 48.6 Å². The summed E-state index contributed by atoms with van der Waals surface area (Å²) in [5.74, 6) is -1.78. The van der Waals surface area contributed by atoms with Gasteiger partial charge in [-0.2, -0.15) is 0 Å². The minimum absolute atomic E-state index is 0.0210. The number of likely N-dealkylation sites (tertiary alicyclic amines) is 1. The Balaban J connectivity index is 1.64. The fourth-order valence-corrected chi connectivity index (χ4v) is 6.22. The van der Waals surface area contributed by atoms with Crippen LogP contribution in [0.5, 0.6) is 5.75 Å². The number of hydrogen-bond acceptors (Lipinski definition) is 6. The second-order valence-corrected chi connectivity index (χ2v) is 9.55. The van der Waals surface area contributed by atoms with Crippen LogP contribution in [-0.4, -0.2) is 90.3 Å². The second kappa shape index (κ2) is 8.49. The van der Waals surface area contributed by atoms with Crippen LogP contribution in [-0.2, 0) is 19.1 Å². The van der Waals surface area contributed by atoms with Crippen molar-refractivity contribution in [2.45, 2.75) is 30.6 Å². The smallest absolute Gasteiger partial charge is 0.253 e. The van der Waals surface area contributed by atoms with Gasteiger partial charge in [-0.05, 0) is 30.7 Å². The zero-order valence-electron chi connectivity index (χ0n) is 20.2. The number of β-amino-alcohol motifs (C(OH)–C–C–N with tert-alkyl or cyclic N) is 1. The van der Waals surface area contributed by atoms with Gasteiger partial charge >= 0.3 is 0 Å². The first kappa shape index (κ1) is 23.6. The molecule has 5 rings (SSSR count). The summed E-state index contributed by atoms with van der Waals surface area (Å²) in [6.07, 6.45) is 7.94. The molecule has 4 aliphatic rings. The van der Waals surface area contributed by atoms with Gasteiger partial charge in [0.05, 0.1) is 31.2 Å². The lowest BCUT2D eigenvalue weighted by Gasteiger charge is -2.38. The van der Waals surface area contributed by atoms with Crippen molar-refractivity contribution in [1.29, 1.82) is 0 Å². The molecule has 2 saturated heterocycles. The number of rotatable bonds is 5. The maximum atomic E-state index is 14.1. The number of carbonyl (C=O) groups is 3. The van der Waals surface area contributed by atoms with Crippen LogP contribution in [0.15, 0.2) is 48.6 Å². The van der Waals surface area contributed by atoms with Gasteiger partial charge in [0.1, 0.15) is 17.4 Å². The first-order valence-corrected chi connectivity index (χ1v) is 12.0. The Labute approximate surface area is 204 Å². The summed E-state index contributed by atoms with van der Waals surface area (Å²) in [5, 5.41) is 9.78. The molecule has 35 heavy (non-hydrogen) atoms. The SMILES string of the molecule is CC[C@@]12C=CCN(C)C(=O)[C@@H]1[C@H]1C(=O)N(CCO)C3C(=O)N(c4ccc(OC)cc4)CC=C[C@@]31O2. The zero-order valence-corrected chi connectivity index (χ0v) is 20.2. The monoisotopic (exact) mass is 481 g/mol. The number of methoxy groups -OCH3 is 1. The van der Waals surface area contributed by atoms with Crippen LogP contribution in [0.2, 0.25) is 0 Å². The summed E-state index contributed by atoms with van der Waals surface area (Å²) in [7, 11) is 3.29. The maximum Gasteiger partial charge on any atom is 0.253 e. The molecule has 1 N–H and O–H groups in total. The molecule has 3 amide bonds. The molecule has 0 bridgehead atoms. The van der Waals surface area contributed by atoms with E-state index in [0.717, 1.165) is 0 Å². The third kappa shape index (κ3) is 3.25. The molecule has 0 aromatic heterocycles. The van der Waals surface area contributed by atoms with Crippen LogP contribution in [0.4, 0.5) is 5.69 Å². The summed E-state index contributed by atoms with van der Waals surface area (Å²) in [4.78, 5) is 46.3. The molecular formula is C26H31N3O6. The molecule has 186 valence electrons. The quantitative estimate of drug-likeness (QED) is 0.630. The second-order valence-electron chi connectivity index (χ2n) is 9.55. The predicted octanol–water partition coefficient (Wildman–Crippen LogP) is 0.980. The molecule has 1 unspecified atom stereocenters. The van der Waals surface area contributed by atoms with Crippen molar-refractivity contribution < 1.29 is 29.0 Å². The topological polar surface area (TPSA) is 99.6 Å². The number of hydrogen-bond donors (Lipinski definition) is 1. The van der Waals surface area contributed by atoms with E-state index in [0.29, 0.717) is 24.4 Å². The van der Waals surface area contributed by atoms with E-state index in [9.17, 15) is 19.5 Å². The van der Waals surface area contributed by atoms with Crippen molar-refractivity contribution in [2.24, 2.45) is 11.8 Å². The molecular weight excluding hydrogens is 450 g/mol. The Morgan fingerprint density at radius 3 is 2.40 bits per heavy atom. The lowest BCUT2D eigenvalue weighted by atomic mass is 9.73. The molecule has 0 radical (unpaired) electrons. The molecule has 1 aromatic rings. The lowest BCUT2D eigenvalue weighted by molar-refractivity contribution is -0.149. The minimum atomic E-state index is -1.32. The summed E-state index contributed by atoms with van der Waals surface area (Å²) >= 11 is 0. The van der Waals surface area contributed by atoms with Gasteiger partial charge in [0, 0.05) is 32.4 Å². The average Bonchev–Trinajstić information content (AvgIpc) is 3.15. The van der Waals surface area contributed by atoms with Gasteiger partial charge in [0.15, 0.2) is 0 Å². The van der Waals surface area contributed by atoms with Crippen LogP contribution >= 0.6 is 0 Å². The van der Waals surface area contributed by atoms with Crippen molar-refractivity contribution in [2.75, 3.05) is 45.3 Å². The normalized spacial score (nSPS) is 34.0. The van der Waals surface area contributed by atoms with E-state index >= 15 is 0 Å². The molecule has 9 nitrogen and oxygen atoms in total. The number of anilines is 1. The average molecular weight is 482 g/mol. The van der Waals surface area contributed by atoms with Gasteiger partial charge in [-0.15, -0.1) is 0 Å². The van der Waals surface area contributed by atoms with Crippen molar-refractivity contribution in [1.82, 2.24) is 9.80 Å². The van der Waals surface area contributed by atoms with E-state index in [1.807, 2.05) is 31.2 Å². The third-order valence-corrected chi connectivity index (χ3v) is 7.87. The van der Waals surface area contributed by atoms with Gasteiger partial charge in [-0.25, -0.2) is 0 Å². The van der Waals surface area contributed by atoms with E-state index in [1.165, 1.54) is 4.90 Å². The molecule has 0 saturated carbocycles. The molecule has 9 heteroatoms. The number of aliphatic hydroxyl groups excluding tert-OH is 1. The van der Waals surface area contributed by atoms with Gasteiger partial charge < -0.3 is 29.3 Å². The number of amides is 3. The molecule has 2 fully saturated rings. The number of fused-ring (bicyclic) bond motifs is 2. The summed E-state index contributed by atoms with van der Waals surface area (Å²) in [6, 6.07) is 6.13. The highest BCUT2D eigenvalue weighted by Gasteiger charge is 2.75. The highest BCUT2D eigenvalue weighted by Crippen LogP contribution is 2.58. The van der Waals surface area contributed by atoms with Gasteiger partial charge in [0.25, 0.3) is 5.91 Å². The Kier molecular flexibility index (Phi) is 5.72. The molecule has 0 aliphatic carbocycles. The molecule has 4 aliphatic heterocycles. The summed E-state index contributed by atoms with van der Waals surface area (Å²) in [5.41, 5.74) is -1.65. The van der Waals surface area contributed by atoms with Crippen LogP contribution in [0, 0.1) is 11.8 Å². The number of aliphatic hydroxyl groups is 1.